The van der Waals surface area contributed by atoms with Crippen molar-refractivity contribution in [2.45, 2.75) is 31.7 Å². The molecule has 0 aliphatic carbocycles. The second-order valence-electron chi connectivity index (χ2n) is 7.90. The Morgan fingerprint density at radius 1 is 1.07 bits per heavy atom. The van der Waals surface area contributed by atoms with Gasteiger partial charge in [0.05, 0.1) is 13.2 Å². The minimum absolute atomic E-state index is 0.106. The molecule has 1 aliphatic rings. The van der Waals surface area contributed by atoms with Gasteiger partial charge in [0.2, 0.25) is 5.91 Å². The molecular weight excluding hydrogens is 362 g/mol. The van der Waals surface area contributed by atoms with Crippen LogP contribution in [0.3, 0.4) is 0 Å². The number of rotatable bonds is 9. The second kappa shape index (κ2) is 10.3. The topological polar surface area (TPSA) is 44.8 Å². The highest BCUT2D eigenvalue weighted by Crippen LogP contribution is 2.26. The molecule has 2 aromatic carbocycles. The van der Waals surface area contributed by atoms with Gasteiger partial charge >= 0.3 is 0 Å². The lowest BCUT2D eigenvalue weighted by molar-refractivity contribution is -0.121. The smallest absolute Gasteiger partial charge is 0.220 e. The highest BCUT2D eigenvalue weighted by atomic mass is 16.5. The van der Waals surface area contributed by atoms with E-state index in [1.807, 2.05) is 24.3 Å². The van der Waals surface area contributed by atoms with Crippen molar-refractivity contribution in [3.05, 3.63) is 59.7 Å². The number of amides is 1. The molecule has 0 spiro atoms. The Hall–Kier alpha value is -2.53. The molecule has 5 nitrogen and oxygen atoms in total. The fraction of sp³-hybridized carbons (Fsp3) is 0.458. The lowest BCUT2D eigenvalue weighted by Crippen LogP contribution is -2.36. The van der Waals surface area contributed by atoms with Crippen molar-refractivity contribution in [1.29, 1.82) is 0 Å². The van der Waals surface area contributed by atoms with Crippen molar-refractivity contribution < 1.29 is 9.53 Å². The summed E-state index contributed by atoms with van der Waals surface area (Å²) >= 11 is 0. The molecule has 156 valence electrons. The van der Waals surface area contributed by atoms with Crippen molar-refractivity contribution in [3.8, 4) is 5.75 Å². The monoisotopic (exact) mass is 395 g/mol. The highest BCUT2D eigenvalue weighted by Gasteiger charge is 2.24. The Labute approximate surface area is 174 Å². The van der Waals surface area contributed by atoms with E-state index in [4.69, 9.17) is 4.74 Å². The molecule has 1 unspecified atom stereocenters. The van der Waals surface area contributed by atoms with Crippen molar-refractivity contribution in [3.63, 3.8) is 0 Å². The Morgan fingerprint density at radius 3 is 2.31 bits per heavy atom. The summed E-state index contributed by atoms with van der Waals surface area (Å²) in [5.41, 5.74) is 3.61. The summed E-state index contributed by atoms with van der Waals surface area (Å²) in [5, 5.41) is 3.17. The number of aryl methyl sites for hydroxylation is 1. The van der Waals surface area contributed by atoms with E-state index in [-0.39, 0.29) is 11.9 Å². The van der Waals surface area contributed by atoms with Crippen LogP contribution in [0.15, 0.2) is 48.5 Å². The first-order valence-electron chi connectivity index (χ1n) is 10.5. The summed E-state index contributed by atoms with van der Waals surface area (Å²) < 4.78 is 5.18. The number of benzene rings is 2. The maximum atomic E-state index is 12.5. The number of nitrogens with zero attached hydrogens (tertiary/aromatic N) is 2. The van der Waals surface area contributed by atoms with Gasteiger partial charge in [0, 0.05) is 32.7 Å². The molecule has 1 heterocycles. The summed E-state index contributed by atoms with van der Waals surface area (Å²) in [7, 11) is 5.76. The van der Waals surface area contributed by atoms with Crippen LogP contribution in [0.1, 0.15) is 36.4 Å². The average Bonchev–Trinajstić information content (AvgIpc) is 3.27. The first kappa shape index (κ1) is 21.2. The minimum Gasteiger partial charge on any atom is -0.497 e. The molecular formula is C24H33N3O2. The van der Waals surface area contributed by atoms with Crippen LogP contribution >= 0.6 is 0 Å². The van der Waals surface area contributed by atoms with Gasteiger partial charge in [-0.3, -0.25) is 9.69 Å². The molecule has 0 bridgehead atoms. The molecule has 1 N–H and O–H groups in total. The van der Waals surface area contributed by atoms with Crippen LogP contribution in [0.5, 0.6) is 5.75 Å². The van der Waals surface area contributed by atoms with Crippen molar-refractivity contribution in [1.82, 2.24) is 10.2 Å². The average molecular weight is 396 g/mol. The lowest BCUT2D eigenvalue weighted by atomic mass is 10.0. The highest BCUT2D eigenvalue weighted by molar-refractivity contribution is 5.76. The fourth-order valence-electron chi connectivity index (χ4n) is 3.85. The maximum absolute atomic E-state index is 12.5. The lowest BCUT2D eigenvalue weighted by Gasteiger charge is -2.28. The third-order valence-corrected chi connectivity index (χ3v) is 5.67. The molecule has 1 atom stereocenters. The van der Waals surface area contributed by atoms with E-state index in [2.05, 4.69) is 53.5 Å². The van der Waals surface area contributed by atoms with E-state index < -0.39 is 0 Å². The second-order valence-corrected chi connectivity index (χ2v) is 7.90. The zero-order valence-electron chi connectivity index (χ0n) is 17.9. The predicted molar refractivity (Wildman–Crippen MR) is 119 cm³/mol. The summed E-state index contributed by atoms with van der Waals surface area (Å²) in [6.45, 7) is 2.85. The first-order chi connectivity index (χ1) is 14.1. The molecule has 3 rings (SSSR count). The Kier molecular flexibility index (Phi) is 7.53. The van der Waals surface area contributed by atoms with E-state index in [0.29, 0.717) is 13.0 Å². The summed E-state index contributed by atoms with van der Waals surface area (Å²) in [6.07, 6.45) is 3.70. The molecule has 29 heavy (non-hydrogen) atoms. The van der Waals surface area contributed by atoms with Gasteiger partial charge in [0.25, 0.3) is 0 Å². The van der Waals surface area contributed by atoms with E-state index >= 15 is 0 Å². The number of methoxy groups -OCH3 is 1. The number of nitrogens with one attached hydrogen (secondary N) is 1. The Balaban J connectivity index is 1.56. The third-order valence-electron chi connectivity index (χ3n) is 5.67. The number of anilines is 1. The fourth-order valence-corrected chi connectivity index (χ4v) is 3.85. The van der Waals surface area contributed by atoms with Crippen LogP contribution in [0, 0.1) is 0 Å². The molecule has 0 radical (unpaired) electrons. The van der Waals surface area contributed by atoms with E-state index in [1.54, 1.807) is 7.11 Å². The molecule has 5 heteroatoms. The van der Waals surface area contributed by atoms with Gasteiger partial charge in [-0.15, -0.1) is 0 Å². The molecule has 1 aliphatic heterocycles. The van der Waals surface area contributed by atoms with Crippen LogP contribution in [-0.4, -0.2) is 51.6 Å². The number of hydrogen-bond acceptors (Lipinski definition) is 4. The maximum Gasteiger partial charge on any atom is 0.220 e. The van der Waals surface area contributed by atoms with Crippen molar-refractivity contribution in [2.24, 2.45) is 0 Å². The zero-order chi connectivity index (χ0) is 20.6. The number of carbonyl (C=O) groups excluding carboxylic acids is 1. The Bertz CT molecular complexity index is 766. The van der Waals surface area contributed by atoms with Gasteiger partial charge in [0.15, 0.2) is 0 Å². The summed E-state index contributed by atoms with van der Waals surface area (Å²) in [6, 6.07) is 16.9. The zero-order valence-corrected chi connectivity index (χ0v) is 17.9. The van der Waals surface area contributed by atoms with Crippen LogP contribution in [0.4, 0.5) is 5.69 Å². The van der Waals surface area contributed by atoms with E-state index in [9.17, 15) is 4.79 Å². The van der Waals surface area contributed by atoms with Crippen LogP contribution < -0.4 is 15.0 Å². The Morgan fingerprint density at radius 2 is 1.72 bits per heavy atom. The van der Waals surface area contributed by atoms with Gasteiger partial charge in [-0.25, -0.2) is 0 Å². The third kappa shape index (κ3) is 5.97. The molecule has 1 fully saturated rings. The minimum atomic E-state index is 0.106. The van der Waals surface area contributed by atoms with Gasteiger partial charge in [-0.05, 0) is 67.7 Å². The molecule has 0 saturated carbocycles. The first-order valence-corrected chi connectivity index (χ1v) is 10.5. The van der Waals surface area contributed by atoms with E-state index in [1.165, 1.54) is 24.1 Å². The van der Waals surface area contributed by atoms with Gasteiger partial charge in [0.1, 0.15) is 5.75 Å². The standard InChI is InChI=1S/C24H33N3O2/c1-26(2)21-11-9-20(10-12-21)23(27-16-4-5-17-27)18-25-24(28)15-8-19-6-13-22(29-3)14-7-19/h6-7,9-14,23H,4-5,8,15-18H2,1-3H3,(H,25,28). The van der Waals surface area contributed by atoms with Gasteiger partial charge in [-0.1, -0.05) is 24.3 Å². The quantitative estimate of drug-likeness (QED) is 0.704. The SMILES string of the molecule is COc1ccc(CCC(=O)NCC(c2ccc(N(C)C)cc2)N2CCCC2)cc1. The molecule has 1 amide bonds. The molecule has 2 aromatic rings. The number of likely N-dealkylation sites (tertiary alicyclic amines) is 1. The summed E-state index contributed by atoms with van der Waals surface area (Å²) in [4.78, 5) is 17.1. The predicted octanol–water partition coefficient (Wildman–Crippen LogP) is 3.65. The molecule has 0 aromatic heterocycles. The van der Waals surface area contributed by atoms with E-state index in [0.717, 1.165) is 30.8 Å². The van der Waals surface area contributed by atoms with Crippen LogP contribution in [-0.2, 0) is 11.2 Å². The van der Waals surface area contributed by atoms with Crippen LogP contribution in [0.25, 0.3) is 0 Å². The van der Waals surface area contributed by atoms with Gasteiger partial charge in [-0.2, -0.15) is 0 Å². The van der Waals surface area contributed by atoms with Crippen molar-refractivity contribution >= 4 is 11.6 Å². The van der Waals surface area contributed by atoms with Crippen molar-refractivity contribution in [2.75, 3.05) is 45.7 Å². The van der Waals surface area contributed by atoms with Crippen LogP contribution in [0.2, 0.25) is 0 Å². The molecule has 1 saturated heterocycles. The summed E-state index contributed by atoms with van der Waals surface area (Å²) in [5.74, 6) is 0.946. The number of carbonyl (C=O) groups is 1. The van der Waals surface area contributed by atoms with Gasteiger partial charge < -0.3 is 15.0 Å². The normalized spacial score (nSPS) is 15.1. The number of ether oxygens (including phenoxy) is 1. The largest absolute Gasteiger partial charge is 0.497 e. The number of hydrogen-bond donors (Lipinski definition) is 1.